The summed E-state index contributed by atoms with van der Waals surface area (Å²) >= 11 is 1.39. The van der Waals surface area contributed by atoms with Crippen molar-refractivity contribution in [1.82, 2.24) is 19.6 Å². The van der Waals surface area contributed by atoms with Crippen LogP contribution in [0.3, 0.4) is 0 Å². The molecule has 1 fully saturated rings. The molecule has 0 atom stereocenters. The van der Waals surface area contributed by atoms with Gasteiger partial charge in [-0.05, 0) is 37.3 Å². The van der Waals surface area contributed by atoms with Crippen LogP contribution in [-0.2, 0) is 0 Å². The highest BCUT2D eigenvalue weighted by molar-refractivity contribution is 7.20. The van der Waals surface area contributed by atoms with E-state index in [1.54, 1.807) is 15.9 Å². The number of halogens is 2. The van der Waals surface area contributed by atoms with Gasteiger partial charge in [0.2, 0.25) is 0 Å². The predicted octanol–water partition coefficient (Wildman–Crippen LogP) is 4.60. The molecule has 2 amide bonds. The molecule has 10 heteroatoms. The van der Waals surface area contributed by atoms with E-state index < -0.39 is 12.5 Å². The van der Waals surface area contributed by atoms with E-state index >= 15 is 0 Å². The lowest BCUT2D eigenvalue weighted by atomic mass is 10.1. The Bertz CT molecular complexity index is 1380. The second-order valence-corrected chi connectivity index (χ2v) is 9.15. The first kappa shape index (κ1) is 23.0. The number of carbonyl (C=O) groups is 2. The smallest absolute Gasteiger partial charge is 0.387 e. The molecule has 1 aliphatic heterocycles. The summed E-state index contributed by atoms with van der Waals surface area (Å²) in [7, 11) is 0. The lowest BCUT2D eigenvalue weighted by Crippen LogP contribution is -2.50. The van der Waals surface area contributed by atoms with E-state index in [-0.39, 0.29) is 17.2 Å². The molecule has 3 heterocycles. The Morgan fingerprint density at radius 3 is 2.26 bits per heavy atom. The zero-order valence-electron chi connectivity index (χ0n) is 18.9. The number of hydrogen-bond donors (Lipinski definition) is 0. The summed E-state index contributed by atoms with van der Waals surface area (Å²) in [6, 6.07) is 17.6. The third-order valence-electron chi connectivity index (χ3n) is 5.94. The SMILES string of the molecule is Cc1nn(-c2ccccc2)c2sc(C(=O)N3CCN(C(=O)c4ccccc4OC(F)F)CC3)cc12. The Hall–Kier alpha value is -3.79. The van der Waals surface area contributed by atoms with Crippen LogP contribution in [0.4, 0.5) is 8.78 Å². The van der Waals surface area contributed by atoms with Gasteiger partial charge in [-0.15, -0.1) is 11.3 Å². The van der Waals surface area contributed by atoms with Crippen molar-refractivity contribution in [2.75, 3.05) is 26.2 Å². The van der Waals surface area contributed by atoms with E-state index in [1.807, 2.05) is 48.0 Å². The van der Waals surface area contributed by atoms with Crippen molar-refractivity contribution >= 4 is 33.4 Å². The topological polar surface area (TPSA) is 67.7 Å². The third kappa shape index (κ3) is 4.49. The van der Waals surface area contributed by atoms with Crippen LogP contribution in [0.15, 0.2) is 60.7 Å². The Kier molecular flexibility index (Phi) is 6.21. The van der Waals surface area contributed by atoms with Crippen molar-refractivity contribution in [2.24, 2.45) is 0 Å². The Balaban J connectivity index is 1.30. The van der Waals surface area contributed by atoms with E-state index in [4.69, 9.17) is 0 Å². The summed E-state index contributed by atoms with van der Waals surface area (Å²) < 4.78 is 31.8. The van der Waals surface area contributed by atoms with Gasteiger partial charge in [0.25, 0.3) is 11.8 Å². The number of carbonyl (C=O) groups excluding carboxylic acids is 2. The fourth-order valence-electron chi connectivity index (χ4n) is 4.18. The van der Waals surface area contributed by atoms with E-state index in [0.29, 0.717) is 31.1 Å². The summed E-state index contributed by atoms with van der Waals surface area (Å²) in [5, 5.41) is 5.55. The maximum atomic E-state index is 13.2. The standard InChI is InChI=1S/C25H22F2N4O3S/c1-16-19-15-21(35-24(19)31(28-16)17-7-3-2-4-8-17)23(33)30-13-11-29(12-14-30)22(32)18-9-5-6-10-20(18)34-25(26)27/h2-10,15,25H,11-14H2,1H3. The third-order valence-corrected chi connectivity index (χ3v) is 7.04. The number of para-hydroxylation sites is 2. The van der Waals surface area contributed by atoms with E-state index in [0.717, 1.165) is 21.6 Å². The van der Waals surface area contributed by atoms with E-state index in [2.05, 4.69) is 9.84 Å². The van der Waals surface area contributed by atoms with Crippen LogP contribution in [0.5, 0.6) is 5.75 Å². The molecular formula is C25H22F2N4O3S. The average Bonchev–Trinajstić information content (AvgIpc) is 3.44. The molecule has 0 unspecified atom stereocenters. The first-order valence-electron chi connectivity index (χ1n) is 11.1. The molecule has 4 aromatic rings. The zero-order valence-corrected chi connectivity index (χ0v) is 19.7. The second-order valence-electron chi connectivity index (χ2n) is 8.12. The summed E-state index contributed by atoms with van der Waals surface area (Å²) in [5.74, 6) is -0.647. The second kappa shape index (κ2) is 9.46. The molecule has 0 spiro atoms. The number of amides is 2. The largest absolute Gasteiger partial charge is 0.434 e. The predicted molar refractivity (Wildman–Crippen MR) is 129 cm³/mol. The fourth-order valence-corrected chi connectivity index (χ4v) is 5.33. The Morgan fingerprint density at radius 2 is 1.57 bits per heavy atom. The van der Waals surface area contributed by atoms with Crippen molar-refractivity contribution in [2.45, 2.75) is 13.5 Å². The number of hydrogen-bond acceptors (Lipinski definition) is 5. The van der Waals surface area contributed by atoms with Gasteiger partial charge in [0.15, 0.2) is 0 Å². The molecule has 2 aromatic heterocycles. The van der Waals surface area contributed by atoms with Gasteiger partial charge >= 0.3 is 6.61 Å². The first-order chi connectivity index (χ1) is 16.9. The molecule has 2 aromatic carbocycles. The van der Waals surface area contributed by atoms with Gasteiger partial charge in [-0.1, -0.05) is 30.3 Å². The van der Waals surface area contributed by atoms with Gasteiger partial charge in [-0.2, -0.15) is 13.9 Å². The van der Waals surface area contributed by atoms with Crippen LogP contribution >= 0.6 is 11.3 Å². The van der Waals surface area contributed by atoms with Crippen LogP contribution in [-0.4, -0.2) is 64.2 Å². The molecule has 0 aliphatic carbocycles. The number of nitrogens with zero attached hydrogens (tertiary/aromatic N) is 4. The number of rotatable bonds is 5. The van der Waals surface area contributed by atoms with Crippen LogP contribution in [0, 0.1) is 6.92 Å². The quantitative estimate of drug-likeness (QED) is 0.405. The molecule has 0 saturated carbocycles. The number of thiophene rings is 1. The van der Waals surface area contributed by atoms with Gasteiger partial charge in [-0.25, -0.2) is 4.68 Å². The molecular weight excluding hydrogens is 474 g/mol. The molecule has 0 radical (unpaired) electrons. The minimum atomic E-state index is -3.02. The lowest BCUT2D eigenvalue weighted by Gasteiger charge is -2.34. The monoisotopic (exact) mass is 496 g/mol. The Morgan fingerprint density at radius 1 is 0.943 bits per heavy atom. The molecule has 7 nitrogen and oxygen atoms in total. The van der Waals surface area contributed by atoms with Crippen molar-refractivity contribution in [3.63, 3.8) is 0 Å². The summed E-state index contributed by atoms with van der Waals surface area (Å²) in [6.45, 7) is 0.200. The van der Waals surface area contributed by atoms with Crippen LogP contribution < -0.4 is 4.74 Å². The minimum Gasteiger partial charge on any atom is -0.434 e. The van der Waals surface area contributed by atoms with Crippen molar-refractivity contribution in [3.05, 3.63) is 76.8 Å². The summed E-state index contributed by atoms with van der Waals surface area (Å²) in [5.41, 5.74) is 1.85. The number of benzene rings is 2. The minimum absolute atomic E-state index is 0.0815. The summed E-state index contributed by atoms with van der Waals surface area (Å²) in [6.07, 6.45) is 0. The lowest BCUT2D eigenvalue weighted by molar-refractivity contribution is -0.0503. The average molecular weight is 497 g/mol. The highest BCUT2D eigenvalue weighted by Gasteiger charge is 2.28. The van der Waals surface area contributed by atoms with Crippen LogP contribution in [0.25, 0.3) is 15.9 Å². The van der Waals surface area contributed by atoms with Crippen LogP contribution in [0.2, 0.25) is 0 Å². The first-order valence-corrected chi connectivity index (χ1v) is 11.9. The molecule has 1 saturated heterocycles. The summed E-state index contributed by atoms with van der Waals surface area (Å²) in [4.78, 5) is 31.0. The van der Waals surface area contributed by atoms with E-state index in [9.17, 15) is 18.4 Å². The Labute approximate surface area is 204 Å². The van der Waals surface area contributed by atoms with Crippen molar-refractivity contribution < 1.29 is 23.1 Å². The fraction of sp³-hybridized carbons (Fsp3) is 0.240. The van der Waals surface area contributed by atoms with Gasteiger partial charge < -0.3 is 14.5 Å². The number of aryl methyl sites for hydroxylation is 1. The molecule has 0 bridgehead atoms. The van der Waals surface area contributed by atoms with Gasteiger partial charge in [0.1, 0.15) is 10.6 Å². The molecule has 1 aliphatic rings. The number of fused-ring (bicyclic) bond motifs is 1. The van der Waals surface area contributed by atoms with Gasteiger partial charge in [-0.3, -0.25) is 9.59 Å². The molecule has 5 rings (SSSR count). The molecule has 35 heavy (non-hydrogen) atoms. The molecule has 180 valence electrons. The number of aromatic nitrogens is 2. The number of ether oxygens (including phenoxy) is 1. The van der Waals surface area contributed by atoms with Crippen molar-refractivity contribution in [1.29, 1.82) is 0 Å². The number of alkyl halides is 2. The molecule has 0 N–H and O–H groups in total. The normalized spacial score (nSPS) is 14.1. The zero-order chi connectivity index (χ0) is 24.5. The van der Waals surface area contributed by atoms with Gasteiger partial charge in [0.05, 0.1) is 21.8 Å². The van der Waals surface area contributed by atoms with Gasteiger partial charge in [0, 0.05) is 31.6 Å². The van der Waals surface area contributed by atoms with E-state index in [1.165, 1.54) is 29.5 Å². The highest BCUT2D eigenvalue weighted by atomic mass is 32.1. The maximum Gasteiger partial charge on any atom is 0.387 e. The van der Waals surface area contributed by atoms with Crippen molar-refractivity contribution in [3.8, 4) is 11.4 Å². The number of piperazine rings is 1. The highest BCUT2D eigenvalue weighted by Crippen LogP contribution is 2.31. The van der Waals surface area contributed by atoms with Crippen LogP contribution in [0.1, 0.15) is 25.7 Å². The maximum absolute atomic E-state index is 13.2.